The molecule has 0 saturated carbocycles. The Morgan fingerprint density at radius 3 is 2.62 bits per heavy atom. The standard InChI is InChI=1S/C9H14ClN3/c1-6(11)8(12)4-7-2-3-9(10)13-5-7/h2-3,5-6,8H,4,11-12H2,1H3. The summed E-state index contributed by atoms with van der Waals surface area (Å²) in [6.45, 7) is 1.90. The fourth-order valence-corrected chi connectivity index (χ4v) is 1.10. The molecule has 1 heterocycles. The molecule has 0 radical (unpaired) electrons. The molecule has 0 spiro atoms. The molecular weight excluding hydrogens is 186 g/mol. The van der Waals surface area contributed by atoms with Crippen molar-refractivity contribution >= 4 is 11.6 Å². The van der Waals surface area contributed by atoms with Gasteiger partial charge in [0.2, 0.25) is 0 Å². The van der Waals surface area contributed by atoms with E-state index in [0.29, 0.717) is 5.15 Å². The SMILES string of the molecule is CC(N)C(N)Cc1ccc(Cl)nc1. The van der Waals surface area contributed by atoms with E-state index < -0.39 is 0 Å². The van der Waals surface area contributed by atoms with E-state index in [1.165, 1.54) is 0 Å². The van der Waals surface area contributed by atoms with Crippen LogP contribution >= 0.6 is 11.6 Å². The lowest BCUT2D eigenvalue weighted by Crippen LogP contribution is -2.40. The summed E-state index contributed by atoms with van der Waals surface area (Å²) in [5.74, 6) is 0. The van der Waals surface area contributed by atoms with Gasteiger partial charge < -0.3 is 11.5 Å². The Morgan fingerprint density at radius 2 is 2.15 bits per heavy atom. The summed E-state index contributed by atoms with van der Waals surface area (Å²) >= 11 is 5.64. The minimum absolute atomic E-state index is 0.00400. The first-order valence-corrected chi connectivity index (χ1v) is 4.59. The Labute approximate surface area is 83.1 Å². The van der Waals surface area contributed by atoms with Crippen molar-refractivity contribution in [3.63, 3.8) is 0 Å². The third-order valence-electron chi connectivity index (χ3n) is 1.94. The molecule has 0 bridgehead atoms. The monoisotopic (exact) mass is 199 g/mol. The number of nitrogens with two attached hydrogens (primary N) is 2. The van der Waals surface area contributed by atoms with Crippen LogP contribution in [-0.2, 0) is 6.42 Å². The van der Waals surface area contributed by atoms with Crippen LogP contribution in [0.15, 0.2) is 18.3 Å². The van der Waals surface area contributed by atoms with Gasteiger partial charge in [0.25, 0.3) is 0 Å². The van der Waals surface area contributed by atoms with Gasteiger partial charge in [-0.3, -0.25) is 0 Å². The highest BCUT2D eigenvalue weighted by Gasteiger charge is 2.08. The Hall–Kier alpha value is -0.640. The Kier molecular flexibility index (Phi) is 3.66. The summed E-state index contributed by atoms with van der Waals surface area (Å²) in [5.41, 5.74) is 12.5. The predicted molar refractivity (Wildman–Crippen MR) is 54.6 cm³/mol. The van der Waals surface area contributed by atoms with E-state index in [-0.39, 0.29) is 12.1 Å². The molecule has 72 valence electrons. The van der Waals surface area contributed by atoms with E-state index in [1.54, 1.807) is 12.3 Å². The molecule has 4 heteroatoms. The summed E-state index contributed by atoms with van der Waals surface area (Å²) in [6, 6.07) is 3.64. The first-order valence-electron chi connectivity index (χ1n) is 4.21. The quantitative estimate of drug-likeness (QED) is 0.713. The van der Waals surface area contributed by atoms with Crippen molar-refractivity contribution in [3.05, 3.63) is 29.0 Å². The van der Waals surface area contributed by atoms with Crippen LogP contribution in [0.2, 0.25) is 5.15 Å². The zero-order chi connectivity index (χ0) is 9.84. The number of hydrogen-bond acceptors (Lipinski definition) is 3. The van der Waals surface area contributed by atoms with Crippen molar-refractivity contribution in [1.82, 2.24) is 4.98 Å². The van der Waals surface area contributed by atoms with Crippen molar-refractivity contribution in [3.8, 4) is 0 Å². The molecule has 1 aromatic rings. The molecular formula is C9H14ClN3. The number of pyridine rings is 1. The first kappa shape index (κ1) is 10.4. The number of nitrogens with zero attached hydrogens (tertiary/aromatic N) is 1. The van der Waals surface area contributed by atoms with E-state index in [1.807, 2.05) is 13.0 Å². The number of rotatable bonds is 3. The summed E-state index contributed by atoms with van der Waals surface area (Å²) in [4.78, 5) is 3.96. The zero-order valence-corrected chi connectivity index (χ0v) is 8.33. The van der Waals surface area contributed by atoms with Crippen LogP contribution in [0.25, 0.3) is 0 Å². The van der Waals surface area contributed by atoms with Gasteiger partial charge in [-0.2, -0.15) is 0 Å². The molecule has 13 heavy (non-hydrogen) atoms. The van der Waals surface area contributed by atoms with Crippen LogP contribution < -0.4 is 11.5 Å². The van der Waals surface area contributed by atoms with Gasteiger partial charge in [0.05, 0.1) is 0 Å². The summed E-state index contributed by atoms with van der Waals surface area (Å²) in [6.07, 6.45) is 2.46. The van der Waals surface area contributed by atoms with Gasteiger partial charge in [0.15, 0.2) is 0 Å². The van der Waals surface area contributed by atoms with Gasteiger partial charge in [-0.25, -0.2) is 4.98 Å². The van der Waals surface area contributed by atoms with Crippen molar-refractivity contribution in [1.29, 1.82) is 0 Å². The van der Waals surface area contributed by atoms with E-state index in [4.69, 9.17) is 23.1 Å². The largest absolute Gasteiger partial charge is 0.327 e. The van der Waals surface area contributed by atoms with Gasteiger partial charge in [0, 0.05) is 18.3 Å². The maximum absolute atomic E-state index is 5.80. The van der Waals surface area contributed by atoms with Crippen molar-refractivity contribution in [2.45, 2.75) is 25.4 Å². The molecule has 0 aromatic carbocycles. The number of hydrogen-bond donors (Lipinski definition) is 2. The van der Waals surface area contributed by atoms with E-state index >= 15 is 0 Å². The normalized spacial score (nSPS) is 15.4. The van der Waals surface area contributed by atoms with Gasteiger partial charge in [0.1, 0.15) is 5.15 Å². The molecule has 2 atom stereocenters. The minimum Gasteiger partial charge on any atom is -0.327 e. The molecule has 0 fully saturated rings. The highest BCUT2D eigenvalue weighted by Crippen LogP contribution is 2.07. The molecule has 0 aliphatic carbocycles. The van der Waals surface area contributed by atoms with Crippen molar-refractivity contribution < 1.29 is 0 Å². The highest BCUT2D eigenvalue weighted by atomic mass is 35.5. The number of halogens is 1. The molecule has 3 nitrogen and oxygen atoms in total. The second kappa shape index (κ2) is 4.56. The Morgan fingerprint density at radius 1 is 1.46 bits per heavy atom. The molecule has 2 unspecified atom stereocenters. The van der Waals surface area contributed by atoms with Crippen LogP contribution in [0.1, 0.15) is 12.5 Å². The van der Waals surface area contributed by atoms with Crippen LogP contribution in [0.3, 0.4) is 0 Å². The van der Waals surface area contributed by atoms with Crippen LogP contribution in [-0.4, -0.2) is 17.1 Å². The fourth-order valence-electron chi connectivity index (χ4n) is 0.985. The maximum atomic E-state index is 5.80. The Balaban J connectivity index is 2.59. The van der Waals surface area contributed by atoms with E-state index in [9.17, 15) is 0 Å². The van der Waals surface area contributed by atoms with Crippen LogP contribution in [0, 0.1) is 0 Å². The molecule has 0 amide bonds. The lowest BCUT2D eigenvalue weighted by Gasteiger charge is -2.14. The molecule has 0 aliphatic rings. The van der Waals surface area contributed by atoms with E-state index in [2.05, 4.69) is 4.98 Å². The van der Waals surface area contributed by atoms with Gasteiger partial charge in [-0.05, 0) is 25.0 Å². The van der Waals surface area contributed by atoms with E-state index in [0.717, 1.165) is 12.0 Å². The summed E-state index contributed by atoms with van der Waals surface area (Å²) in [7, 11) is 0. The lowest BCUT2D eigenvalue weighted by atomic mass is 10.0. The molecule has 0 saturated heterocycles. The van der Waals surface area contributed by atoms with Crippen LogP contribution in [0.5, 0.6) is 0 Å². The maximum Gasteiger partial charge on any atom is 0.129 e. The minimum atomic E-state index is -0.0250. The molecule has 0 aliphatic heterocycles. The summed E-state index contributed by atoms with van der Waals surface area (Å²) < 4.78 is 0. The molecule has 1 rings (SSSR count). The van der Waals surface area contributed by atoms with Gasteiger partial charge in [-0.1, -0.05) is 17.7 Å². The van der Waals surface area contributed by atoms with Crippen LogP contribution in [0.4, 0.5) is 0 Å². The van der Waals surface area contributed by atoms with Gasteiger partial charge >= 0.3 is 0 Å². The topological polar surface area (TPSA) is 64.9 Å². The van der Waals surface area contributed by atoms with Crippen molar-refractivity contribution in [2.24, 2.45) is 11.5 Å². The van der Waals surface area contributed by atoms with Crippen molar-refractivity contribution in [2.75, 3.05) is 0 Å². The van der Waals surface area contributed by atoms with Gasteiger partial charge in [-0.15, -0.1) is 0 Å². The average Bonchev–Trinajstić information content (AvgIpc) is 2.08. The number of aromatic nitrogens is 1. The second-order valence-electron chi connectivity index (χ2n) is 3.22. The predicted octanol–water partition coefficient (Wildman–Crippen LogP) is 0.952. The molecule has 4 N–H and O–H groups in total. The lowest BCUT2D eigenvalue weighted by molar-refractivity contribution is 0.557. The highest BCUT2D eigenvalue weighted by molar-refractivity contribution is 6.29. The summed E-state index contributed by atoms with van der Waals surface area (Å²) in [5, 5.41) is 0.498. The first-order chi connectivity index (χ1) is 6.09. The Bertz CT molecular complexity index is 258. The third-order valence-corrected chi connectivity index (χ3v) is 2.16. The fraction of sp³-hybridized carbons (Fsp3) is 0.444. The smallest absolute Gasteiger partial charge is 0.129 e. The molecule has 1 aromatic heterocycles. The second-order valence-corrected chi connectivity index (χ2v) is 3.60. The third kappa shape index (κ3) is 3.30. The average molecular weight is 200 g/mol. The zero-order valence-electron chi connectivity index (χ0n) is 7.57.